The van der Waals surface area contributed by atoms with Crippen LogP contribution in [0.5, 0.6) is 0 Å². The first kappa shape index (κ1) is 15.5. The van der Waals surface area contributed by atoms with E-state index < -0.39 is 5.82 Å². The van der Waals surface area contributed by atoms with Gasteiger partial charge in [0.15, 0.2) is 0 Å². The fraction of sp³-hybridized carbons (Fsp3) is 0.235. The molecule has 110 valence electrons. The summed E-state index contributed by atoms with van der Waals surface area (Å²) in [5.74, 6) is -0.707. The highest BCUT2D eigenvalue weighted by molar-refractivity contribution is 6.30. The Hall–Kier alpha value is -1.87. The molecule has 0 unspecified atom stereocenters. The molecule has 21 heavy (non-hydrogen) atoms. The molecule has 0 bridgehead atoms. The van der Waals surface area contributed by atoms with Gasteiger partial charge in [0.2, 0.25) is 0 Å². The minimum absolute atomic E-state index is 0.270. The first-order chi connectivity index (χ1) is 9.88. The maximum absolute atomic E-state index is 13.1. The van der Waals surface area contributed by atoms with Gasteiger partial charge in [-0.25, -0.2) is 4.39 Å². The lowest BCUT2D eigenvalue weighted by Crippen LogP contribution is -2.36. The topological polar surface area (TPSA) is 29.1 Å². The Balaban J connectivity index is 2.06. The van der Waals surface area contributed by atoms with Crippen LogP contribution in [0.25, 0.3) is 0 Å². The second-order valence-electron chi connectivity index (χ2n) is 5.59. The van der Waals surface area contributed by atoms with Gasteiger partial charge in [-0.05, 0) is 35.9 Å². The third kappa shape index (κ3) is 4.05. The Labute approximate surface area is 128 Å². The first-order valence-electron chi connectivity index (χ1n) is 6.68. The summed E-state index contributed by atoms with van der Waals surface area (Å²) in [6, 6.07) is 13.2. The molecule has 2 aromatic rings. The molecule has 0 atom stereocenters. The zero-order chi connectivity index (χ0) is 15.5. The van der Waals surface area contributed by atoms with Crippen molar-refractivity contribution < 1.29 is 9.18 Å². The van der Waals surface area contributed by atoms with Crippen molar-refractivity contribution in [2.24, 2.45) is 0 Å². The van der Waals surface area contributed by atoms with Gasteiger partial charge < -0.3 is 5.32 Å². The molecule has 0 radical (unpaired) electrons. The molecule has 2 aromatic carbocycles. The van der Waals surface area contributed by atoms with Crippen molar-refractivity contribution in [3.05, 3.63) is 70.5 Å². The lowest BCUT2D eigenvalue weighted by atomic mass is 9.84. The molecule has 2 rings (SSSR count). The molecule has 0 aliphatic heterocycles. The molecule has 0 aliphatic carbocycles. The normalized spacial score (nSPS) is 11.2. The van der Waals surface area contributed by atoms with Crippen molar-refractivity contribution in [3.8, 4) is 0 Å². The Morgan fingerprint density at radius 3 is 2.57 bits per heavy atom. The second-order valence-corrected chi connectivity index (χ2v) is 6.02. The quantitative estimate of drug-likeness (QED) is 0.901. The van der Waals surface area contributed by atoms with Crippen molar-refractivity contribution in [1.82, 2.24) is 5.32 Å². The summed E-state index contributed by atoms with van der Waals surface area (Å²) in [5.41, 5.74) is 1.08. The van der Waals surface area contributed by atoms with Crippen LogP contribution in [0.1, 0.15) is 29.8 Å². The minimum atomic E-state index is -0.420. The fourth-order valence-electron chi connectivity index (χ4n) is 2.04. The second kappa shape index (κ2) is 6.27. The summed E-state index contributed by atoms with van der Waals surface area (Å²) in [6.45, 7) is 4.47. The molecule has 4 heteroatoms. The van der Waals surface area contributed by atoms with Gasteiger partial charge in [0.25, 0.3) is 5.91 Å². The highest BCUT2D eigenvalue weighted by atomic mass is 35.5. The van der Waals surface area contributed by atoms with Crippen molar-refractivity contribution in [3.63, 3.8) is 0 Å². The molecule has 0 heterocycles. The van der Waals surface area contributed by atoms with Crippen LogP contribution >= 0.6 is 11.6 Å². The maximum Gasteiger partial charge on any atom is 0.251 e. The van der Waals surface area contributed by atoms with Crippen LogP contribution in [0, 0.1) is 5.82 Å². The number of hydrogen-bond donors (Lipinski definition) is 1. The monoisotopic (exact) mass is 305 g/mol. The van der Waals surface area contributed by atoms with E-state index in [2.05, 4.69) is 5.32 Å². The largest absolute Gasteiger partial charge is 0.351 e. The summed E-state index contributed by atoms with van der Waals surface area (Å²) in [4.78, 5) is 12.0. The third-order valence-electron chi connectivity index (χ3n) is 3.38. The van der Waals surface area contributed by atoms with E-state index >= 15 is 0 Å². The number of carbonyl (C=O) groups is 1. The summed E-state index contributed by atoms with van der Waals surface area (Å²) >= 11 is 6.00. The zero-order valence-electron chi connectivity index (χ0n) is 12.0. The molecule has 0 aromatic heterocycles. The van der Waals surface area contributed by atoms with E-state index in [1.54, 1.807) is 6.07 Å². The number of nitrogens with one attached hydrogen (secondary N) is 1. The van der Waals surface area contributed by atoms with Gasteiger partial charge in [-0.1, -0.05) is 43.6 Å². The van der Waals surface area contributed by atoms with Gasteiger partial charge in [-0.15, -0.1) is 0 Å². The highest BCUT2D eigenvalue weighted by Crippen LogP contribution is 2.24. The van der Waals surface area contributed by atoms with Crippen LogP contribution in [0.4, 0.5) is 4.39 Å². The molecule has 1 N–H and O–H groups in total. The van der Waals surface area contributed by atoms with Gasteiger partial charge in [0.05, 0.1) is 0 Å². The van der Waals surface area contributed by atoms with E-state index in [-0.39, 0.29) is 11.3 Å². The lowest BCUT2D eigenvalue weighted by molar-refractivity contribution is 0.0945. The van der Waals surface area contributed by atoms with E-state index in [1.807, 2.05) is 38.1 Å². The predicted molar refractivity (Wildman–Crippen MR) is 83.2 cm³/mol. The molecule has 2 nitrogen and oxygen atoms in total. The van der Waals surface area contributed by atoms with Crippen LogP contribution in [-0.4, -0.2) is 12.5 Å². The van der Waals surface area contributed by atoms with Crippen molar-refractivity contribution in [2.75, 3.05) is 6.54 Å². The molecule has 0 fully saturated rings. The predicted octanol–water partition coefficient (Wildman–Crippen LogP) is 4.19. The average Bonchev–Trinajstić information content (AvgIpc) is 2.45. The molecule has 0 saturated heterocycles. The number of amides is 1. The maximum atomic E-state index is 13.1. The van der Waals surface area contributed by atoms with Gasteiger partial charge in [0.1, 0.15) is 5.82 Å². The van der Waals surface area contributed by atoms with Gasteiger partial charge in [-0.2, -0.15) is 0 Å². The SMILES string of the molecule is CC(C)(CNC(=O)c1cccc(F)c1)c1cccc(Cl)c1. The zero-order valence-corrected chi connectivity index (χ0v) is 12.7. The van der Waals surface area contributed by atoms with Crippen molar-refractivity contribution in [1.29, 1.82) is 0 Å². The Morgan fingerprint density at radius 2 is 1.90 bits per heavy atom. The molecule has 1 amide bonds. The third-order valence-corrected chi connectivity index (χ3v) is 3.62. The Bertz CT molecular complexity index is 655. The van der Waals surface area contributed by atoms with E-state index in [0.717, 1.165) is 5.56 Å². The Morgan fingerprint density at radius 1 is 1.19 bits per heavy atom. The minimum Gasteiger partial charge on any atom is -0.351 e. The fourth-order valence-corrected chi connectivity index (χ4v) is 2.23. The average molecular weight is 306 g/mol. The molecule has 0 spiro atoms. The van der Waals surface area contributed by atoms with Crippen molar-refractivity contribution in [2.45, 2.75) is 19.3 Å². The highest BCUT2D eigenvalue weighted by Gasteiger charge is 2.22. The Kier molecular flexibility index (Phi) is 4.63. The number of benzene rings is 2. The van der Waals surface area contributed by atoms with E-state index in [9.17, 15) is 9.18 Å². The van der Waals surface area contributed by atoms with Crippen molar-refractivity contribution >= 4 is 17.5 Å². The van der Waals surface area contributed by atoms with E-state index in [0.29, 0.717) is 17.1 Å². The van der Waals surface area contributed by atoms with Gasteiger partial charge in [-0.3, -0.25) is 4.79 Å². The molecule has 0 saturated carbocycles. The van der Waals surface area contributed by atoms with Crippen LogP contribution in [0.3, 0.4) is 0 Å². The van der Waals surface area contributed by atoms with E-state index in [4.69, 9.17) is 11.6 Å². The summed E-state index contributed by atoms with van der Waals surface area (Å²) in [6.07, 6.45) is 0. The number of rotatable bonds is 4. The van der Waals surface area contributed by atoms with Crippen LogP contribution in [-0.2, 0) is 5.41 Å². The first-order valence-corrected chi connectivity index (χ1v) is 7.06. The van der Waals surface area contributed by atoms with Crippen LogP contribution < -0.4 is 5.32 Å². The summed E-state index contributed by atoms with van der Waals surface area (Å²) < 4.78 is 13.1. The molecular weight excluding hydrogens is 289 g/mol. The standard InChI is InChI=1S/C17H17ClFNO/c1-17(2,13-6-4-7-14(18)10-13)11-20-16(21)12-5-3-8-15(19)9-12/h3-10H,11H2,1-2H3,(H,20,21). The molecule has 0 aliphatic rings. The number of halogens is 2. The van der Waals surface area contributed by atoms with Crippen LogP contribution in [0.2, 0.25) is 5.02 Å². The number of carbonyl (C=O) groups excluding carboxylic acids is 1. The molecular formula is C17H17ClFNO. The smallest absolute Gasteiger partial charge is 0.251 e. The lowest BCUT2D eigenvalue weighted by Gasteiger charge is -2.26. The summed E-state index contributed by atoms with van der Waals surface area (Å²) in [5, 5.41) is 3.50. The van der Waals surface area contributed by atoms with Crippen LogP contribution in [0.15, 0.2) is 48.5 Å². The van der Waals surface area contributed by atoms with Gasteiger partial charge >= 0.3 is 0 Å². The van der Waals surface area contributed by atoms with Gasteiger partial charge in [0, 0.05) is 22.5 Å². The summed E-state index contributed by atoms with van der Waals surface area (Å²) in [7, 11) is 0. The number of hydrogen-bond acceptors (Lipinski definition) is 1. The van der Waals surface area contributed by atoms with E-state index in [1.165, 1.54) is 18.2 Å².